The number of nitrogens with zero attached hydrogens (tertiary/aromatic N) is 1. The Morgan fingerprint density at radius 3 is 2.58 bits per heavy atom. The van der Waals surface area contributed by atoms with Gasteiger partial charge in [0.2, 0.25) is 0 Å². The summed E-state index contributed by atoms with van der Waals surface area (Å²) in [6.07, 6.45) is -3.76. The summed E-state index contributed by atoms with van der Waals surface area (Å²) in [5.41, 5.74) is 2.12. The molecule has 0 aliphatic rings. The Hall–Kier alpha value is -1.96. The molecule has 0 fully saturated rings. The van der Waals surface area contributed by atoms with Crippen molar-refractivity contribution in [2.45, 2.75) is 46.0 Å². The maximum absolute atomic E-state index is 12.0. The molecule has 1 rings (SSSR count). The van der Waals surface area contributed by atoms with E-state index in [0.717, 1.165) is 16.9 Å². The summed E-state index contributed by atoms with van der Waals surface area (Å²) in [7, 11) is 1.64. The van der Waals surface area contributed by atoms with Gasteiger partial charge < -0.3 is 20.1 Å². The quantitative estimate of drug-likeness (QED) is 0.395. The van der Waals surface area contributed by atoms with E-state index in [1.165, 1.54) is 0 Å². The third-order valence-electron chi connectivity index (χ3n) is 3.28. The zero-order chi connectivity index (χ0) is 19.6. The molecule has 0 aliphatic carbocycles. The Kier molecular flexibility index (Phi) is 9.26. The van der Waals surface area contributed by atoms with Crippen LogP contribution in [0.5, 0.6) is 5.75 Å². The van der Waals surface area contributed by atoms with Crippen molar-refractivity contribution in [2.75, 3.05) is 26.8 Å². The van der Waals surface area contributed by atoms with E-state index >= 15 is 0 Å². The Labute approximate surface area is 153 Å². The van der Waals surface area contributed by atoms with Crippen molar-refractivity contribution < 1.29 is 22.6 Å². The second-order valence-corrected chi connectivity index (χ2v) is 6.15. The lowest BCUT2D eigenvalue weighted by Crippen LogP contribution is -2.37. The number of ether oxygens (including phenoxy) is 2. The van der Waals surface area contributed by atoms with Crippen LogP contribution in [0.25, 0.3) is 0 Å². The first-order valence-electron chi connectivity index (χ1n) is 8.56. The average molecular weight is 375 g/mol. The minimum absolute atomic E-state index is 0.0356. The monoisotopic (exact) mass is 375 g/mol. The molecule has 2 N–H and O–H groups in total. The summed E-state index contributed by atoms with van der Waals surface area (Å²) in [5, 5.41) is 6.22. The van der Waals surface area contributed by atoms with Gasteiger partial charge in [-0.05, 0) is 38.8 Å². The third-order valence-corrected chi connectivity index (χ3v) is 3.28. The van der Waals surface area contributed by atoms with Gasteiger partial charge in [0.25, 0.3) is 0 Å². The van der Waals surface area contributed by atoms with Gasteiger partial charge in [-0.3, -0.25) is 4.99 Å². The van der Waals surface area contributed by atoms with Gasteiger partial charge in [-0.15, -0.1) is 0 Å². The molecular weight excluding hydrogens is 347 g/mol. The maximum Gasteiger partial charge on any atom is 0.411 e. The van der Waals surface area contributed by atoms with E-state index in [1.54, 1.807) is 7.05 Å². The van der Waals surface area contributed by atoms with Crippen LogP contribution in [0.1, 0.15) is 31.4 Å². The Morgan fingerprint density at radius 2 is 1.96 bits per heavy atom. The molecule has 5 nitrogen and oxygen atoms in total. The highest BCUT2D eigenvalue weighted by molar-refractivity contribution is 5.79. The number of rotatable bonds is 9. The van der Waals surface area contributed by atoms with Crippen LogP contribution in [0.15, 0.2) is 23.2 Å². The predicted molar refractivity (Wildman–Crippen MR) is 96.6 cm³/mol. The summed E-state index contributed by atoms with van der Waals surface area (Å²) in [6, 6.07) is 6.00. The lowest BCUT2D eigenvalue weighted by atomic mass is 10.1. The van der Waals surface area contributed by atoms with Gasteiger partial charge in [-0.2, -0.15) is 13.2 Å². The van der Waals surface area contributed by atoms with Gasteiger partial charge in [-0.1, -0.05) is 12.1 Å². The Morgan fingerprint density at radius 1 is 1.23 bits per heavy atom. The first kappa shape index (κ1) is 22.1. The fourth-order valence-electron chi connectivity index (χ4n) is 2.14. The fourth-order valence-corrected chi connectivity index (χ4v) is 2.14. The minimum atomic E-state index is -4.28. The molecule has 148 valence electrons. The molecule has 0 spiro atoms. The normalized spacial score (nSPS) is 12.4. The molecule has 0 bridgehead atoms. The van der Waals surface area contributed by atoms with Gasteiger partial charge in [0.05, 0.1) is 6.10 Å². The molecule has 0 aliphatic heterocycles. The van der Waals surface area contributed by atoms with Crippen molar-refractivity contribution in [2.24, 2.45) is 4.99 Å². The molecule has 1 aromatic carbocycles. The zero-order valence-electron chi connectivity index (χ0n) is 15.7. The predicted octanol–water partition coefficient (Wildman–Crippen LogP) is 3.42. The molecule has 0 radical (unpaired) electrons. The summed E-state index contributed by atoms with van der Waals surface area (Å²) in [5.74, 6) is 1.39. The molecule has 0 amide bonds. The van der Waals surface area contributed by atoms with Crippen molar-refractivity contribution in [1.82, 2.24) is 10.6 Å². The number of hydrogen-bond acceptors (Lipinski definition) is 3. The number of benzene rings is 1. The molecule has 26 heavy (non-hydrogen) atoms. The Bertz CT molecular complexity index is 575. The van der Waals surface area contributed by atoms with Crippen LogP contribution < -0.4 is 15.4 Å². The molecule has 0 saturated heterocycles. The van der Waals surface area contributed by atoms with Crippen LogP contribution in [0.3, 0.4) is 0 Å². The molecule has 0 heterocycles. The number of aryl methyl sites for hydroxylation is 1. The SMILES string of the molecule is CN=C(NCCCOCC(F)(F)F)NCc1ccc(C)cc1OC(C)C. The lowest BCUT2D eigenvalue weighted by Gasteiger charge is -2.17. The van der Waals surface area contributed by atoms with Gasteiger partial charge >= 0.3 is 6.18 Å². The highest BCUT2D eigenvalue weighted by Gasteiger charge is 2.27. The standard InChI is InChI=1S/C18H28F3N3O2/c1-13(2)26-16-10-14(3)6-7-15(16)11-24-17(22-4)23-8-5-9-25-12-18(19,20)21/h6-7,10,13H,5,8-9,11-12H2,1-4H3,(H2,22,23,24). The van der Waals surface area contributed by atoms with E-state index < -0.39 is 12.8 Å². The van der Waals surface area contributed by atoms with E-state index in [2.05, 4.69) is 20.4 Å². The van der Waals surface area contributed by atoms with Crippen LogP contribution in [0, 0.1) is 6.92 Å². The summed E-state index contributed by atoms with van der Waals surface area (Å²) >= 11 is 0. The first-order chi connectivity index (χ1) is 12.2. The molecule has 0 saturated carbocycles. The molecule has 1 aromatic rings. The van der Waals surface area contributed by atoms with Crippen molar-refractivity contribution in [3.8, 4) is 5.75 Å². The van der Waals surface area contributed by atoms with Crippen LogP contribution >= 0.6 is 0 Å². The van der Waals surface area contributed by atoms with E-state index in [4.69, 9.17) is 4.74 Å². The topological polar surface area (TPSA) is 54.9 Å². The second-order valence-electron chi connectivity index (χ2n) is 6.15. The number of hydrogen-bond donors (Lipinski definition) is 2. The van der Waals surface area contributed by atoms with Crippen LogP contribution in [-0.2, 0) is 11.3 Å². The van der Waals surface area contributed by atoms with Crippen molar-refractivity contribution in [3.05, 3.63) is 29.3 Å². The molecule has 0 atom stereocenters. The van der Waals surface area contributed by atoms with E-state index in [1.807, 2.05) is 39.0 Å². The average Bonchev–Trinajstić information content (AvgIpc) is 2.53. The van der Waals surface area contributed by atoms with Gasteiger partial charge in [0.15, 0.2) is 5.96 Å². The van der Waals surface area contributed by atoms with Gasteiger partial charge in [-0.25, -0.2) is 0 Å². The summed E-state index contributed by atoms with van der Waals surface area (Å²) in [6.45, 7) is 5.75. The summed E-state index contributed by atoms with van der Waals surface area (Å²) in [4.78, 5) is 4.10. The van der Waals surface area contributed by atoms with Gasteiger partial charge in [0, 0.05) is 32.3 Å². The van der Waals surface area contributed by atoms with E-state index in [9.17, 15) is 13.2 Å². The molecule has 8 heteroatoms. The van der Waals surface area contributed by atoms with E-state index in [0.29, 0.717) is 25.5 Å². The number of aliphatic imine (C=N–C) groups is 1. The molecule has 0 unspecified atom stereocenters. The van der Waals surface area contributed by atoms with E-state index in [-0.39, 0.29) is 12.7 Å². The fraction of sp³-hybridized carbons (Fsp3) is 0.611. The number of alkyl halides is 3. The van der Waals surface area contributed by atoms with Crippen molar-refractivity contribution >= 4 is 5.96 Å². The molecule has 0 aromatic heterocycles. The number of halogens is 3. The zero-order valence-corrected chi connectivity index (χ0v) is 15.7. The Balaban J connectivity index is 2.40. The second kappa shape index (κ2) is 10.9. The largest absolute Gasteiger partial charge is 0.491 e. The highest BCUT2D eigenvalue weighted by Crippen LogP contribution is 2.21. The van der Waals surface area contributed by atoms with Crippen LogP contribution in [0.4, 0.5) is 13.2 Å². The third kappa shape index (κ3) is 9.50. The van der Waals surface area contributed by atoms with Crippen molar-refractivity contribution in [3.63, 3.8) is 0 Å². The minimum Gasteiger partial charge on any atom is -0.491 e. The summed E-state index contributed by atoms with van der Waals surface area (Å²) < 4.78 is 46.3. The smallest absolute Gasteiger partial charge is 0.411 e. The van der Waals surface area contributed by atoms with Crippen LogP contribution in [0.2, 0.25) is 0 Å². The molecular formula is C18H28F3N3O2. The number of nitrogens with one attached hydrogen (secondary N) is 2. The highest BCUT2D eigenvalue weighted by atomic mass is 19.4. The number of guanidine groups is 1. The first-order valence-corrected chi connectivity index (χ1v) is 8.56. The lowest BCUT2D eigenvalue weighted by molar-refractivity contribution is -0.173. The van der Waals surface area contributed by atoms with Crippen molar-refractivity contribution in [1.29, 1.82) is 0 Å². The van der Waals surface area contributed by atoms with Gasteiger partial charge in [0.1, 0.15) is 12.4 Å². The van der Waals surface area contributed by atoms with Crippen LogP contribution in [-0.4, -0.2) is 45.0 Å². The maximum atomic E-state index is 12.0.